The molecule has 0 spiro atoms. The molecule has 1 fully saturated rings. The Morgan fingerprint density at radius 1 is 1.25 bits per heavy atom. The van der Waals surface area contributed by atoms with Crippen LogP contribution in [0, 0.1) is 23.7 Å². The van der Waals surface area contributed by atoms with Crippen molar-refractivity contribution in [3.8, 4) is 0 Å². The van der Waals surface area contributed by atoms with Gasteiger partial charge in [0.1, 0.15) is 5.78 Å². The average molecular weight is 225 g/mol. The molecule has 2 N–H and O–H groups in total. The molecule has 1 aliphatic rings. The lowest BCUT2D eigenvalue weighted by Gasteiger charge is -2.28. The monoisotopic (exact) mass is 225 g/mol. The van der Waals surface area contributed by atoms with Crippen LogP contribution >= 0.6 is 0 Å². The van der Waals surface area contributed by atoms with Gasteiger partial charge < -0.3 is 5.73 Å². The van der Waals surface area contributed by atoms with E-state index in [0.29, 0.717) is 24.2 Å². The molecule has 0 bridgehead atoms. The van der Waals surface area contributed by atoms with E-state index in [2.05, 4.69) is 20.8 Å². The van der Waals surface area contributed by atoms with Crippen molar-refractivity contribution < 1.29 is 4.79 Å². The molecule has 0 aromatic rings. The maximum atomic E-state index is 12.3. The first-order chi connectivity index (χ1) is 7.54. The predicted octanol–water partition coefficient (Wildman–Crippen LogP) is 3.00. The molecule has 0 heterocycles. The summed E-state index contributed by atoms with van der Waals surface area (Å²) in [6, 6.07) is 0. The maximum Gasteiger partial charge on any atom is 0.140 e. The second kappa shape index (κ2) is 6.39. The fourth-order valence-corrected chi connectivity index (χ4v) is 2.78. The highest BCUT2D eigenvalue weighted by Crippen LogP contribution is 2.31. The zero-order chi connectivity index (χ0) is 12.1. The summed E-state index contributed by atoms with van der Waals surface area (Å²) in [4.78, 5) is 12.3. The van der Waals surface area contributed by atoms with Crippen molar-refractivity contribution in [2.45, 2.75) is 52.9 Å². The van der Waals surface area contributed by atoms with Gasteiger partial charge >= 0.3 is 0 Å². The van der Waals surface area contributed by atoms with Crippen molar-refractivity contribution in [3.63, 3.8) is 0 Å². The molecule has 1 unspecified atom stereocenters. The number of nitrogens with two attached hydrogens (primary N) is 1. The van der Waals surface area contributed by atoms with E-state index in [9.17, 15) is 4.79 Å². The fraction of sp³-hybridized carbons (Fsp3) is 0.929. The van der Waals surface area contributed by atoms with Gasteiger partial charge in [-0.05, 0) is 31.1 Å². The minimum Gasteiger partial charge on any atom is -0.330 e. The second-order valence-corrected chi connectivity index (χ2v) is 5.92. The van der Waals surface area contributed by atoms with Crippen molar-refractivity contribution in [1.29, 1.82) is 0 Å². The lowest BCUT2D eigenvalue weighted by molar-refractivity contribution is -0.128. The summed E-state index contributed by atoms with van der Waals surface area (Å²) in [5, 5.41) is 0. The molecule has 94 valence electrons. The fourth-order valence-electron chi connectivity index (χ4n) is 2.78. The highest BCUT2D eigenvalue weighted by molar-refractivity contribution is 5.83. The largest absolute Gasteiger partial charge is 0.330 e. The van der Waals surface area contributed by atoms with Gasteiger partial charge in [-0.15, -0.1) is 0 Å². The van der Waals surface area contributed by atoms with Crippen molar-refractivity contribution in [2.24, 2.45) is 29.4 Å². The summed E-state index contributed by atoms with van der Waals surface area (Å²) in [6.07, 6.45) is 5.58. The first kappa shape index (κ1) is 13.7. The summed E-state index contributed by atoms with van der Waals surface area (Å²) in [6.45, 7) is 7.15. The molecule has 16 heavy (non-hydrogen) atoms. The van der Waals surface area contributed by atoms with Crippen LogP contribution in [0.4, 0.5) is 0 Å². The van der Waals surface area contributed by atoms with E-state index in [-0.39, 0.29) is 5.92 Å². The topological polar surface area (TPSA) is 43.1 Å². The summed E-state index contributed by atoms with van der Waals surface area (Å²) in [5.74, 6) is 2.25. The first-order valence-electron chi connectivity index (χ1n) is 6.78. The third kappa shape index (κ3) is 3.89. The summed E-state index contributed by atoms with van der Waals surface area (Å²) < 4.78 is 0. The van der Waals surface area contributed by atoms with Crippen LogP contribution in [0.3, 0.4) is 0 Å². The molecule has 1 aliphatic carbocycles. The number of carbonyl (C=O) groups is 1. The molecule has 1 atom stereocenters. The lowest BCUT2D eigenvalue weighted by Crippen LogP contribution is -2.32. The average Bonchev–Trinajstić information content (AvgIpc) is 2.25. The maximum absolute atomic E-state index is 12.3. The van der Waals surface area contributed by atoms with E-state index >= 15 is 0 Å². The molecule has 1 rings (SSSR count). The highest BCUT2D eigenvalue weighted by Gasteiger charge is 2.29. The van der Waals surface area contributed by atoms with Gasteiger partial charge in [0.05, 0.1) is 0 Å². The van der Waals surface area contributed by atoms with Gasteiger partial charge in [-0.2, -0.15) is 0 Å². The Morgan fingerprint density at radius 3 is 2.25 bits per heavy atom. The standard InChI is InChI=1S/C14H27NO/c1-10(2)8-13(9-15)14(16)12-6-4-11(3)5-7-12/h10-13H,4-9,15H2,1-3H3. The number of hydrogen-bond acceptors (Lipinski definition) is 2. The number of rotatable bonds is 5. The van der Waals surface area contributed by atoms with Gasteiger partial charge in [-0.1, -0.05) is 33.6 Å². The minimum atomic E-state index is 0.110. The molecule has 0 radical (unpaired) electrons. The van der Waals surface area contributed by atoms with E-state index < -0.39 is 0 Å². The molecule has 2 heteroatoms. The summed E-state index contributed by atoms with van der Waals surface area (Å²) >= 11 is 0. The van der Waals surface area contributed by atoms with Crippen LogP contribution in [0.15, 0.2) is 0 Å². The van der Waals surface area contributed by atoms with Crippen LogP contribution in [0.1, 0.15) is 52.9 Å². The van der Waals surface area contributed by atoms with Crippen LogP contribution in [0.5, 0.6) is 0 Å². The van der Waals surface area contributed by atoms with Crippen molar-refractivity contribution in [2.75, 3.05) is 6.54 Å². The number of ketones is 1. The smallest absolute Gasteiger partial charge is 0.140 e. The molecule has 1 saturated carbocycles. The third-order valence-electron chi connectivity index (χ3n) is 3.86. The number of hydrogen-bond donors (Lipinski definition) is 1. The molecular weight excluding hydrogens is 198 g/mol. The van der Waals surface area contributed by atoms with Crippen molar-refractivity contribution in [3.05, 3.63) is 0 Å². The number of carbonyl (C=O) groups excluding carboxylic acids is 1. The Hall–Kier alpha value is -0.370. The SMILES string of the molecule is CC(C)CC(CN)C(=O)C1CCC(C)CC1. The predicted molar refractivity (Wildman–Crippen MR) is 68.1 cm³/mol. The zero-order valence-electron chi connectivity index (χ0n) is 11.0. The van der Waals surface area contributed by atoms with Crippen LogP contribution < -0.4 is 5.73 Å². The minimum absolute atomic E-state index is 0.110. The van der Waals surface area contributed by atoms with Crippen LogP contribution in [0.25, 0.3) is 0 Å². The Morgan fingerprint density at radius 2 is 1.81 bits per heavy atom. The number of Topliss-reactive ketones (excluding diaryl/α,β-unsaturated/α-hetero) is 1. The Labute approximate surface area is 100.0 Å². The lowest BCUT2D eigenvalue weighted by atomic mass is 9.76. The Bertz CT molecular complexity index is 217. The molecule has 0 amide bonds. The van der Waals surface area contributed by atoms with Gasteiger partial charge in [0.2, 0.25) is 0 Å². The van der Waals surface area contributed by atoms with Crippen LogP contribution in [0.2, 0.25) is 0 Å². The second-order valence-electron chi connectivity index (χ2n) is 5.92. The normalized spacial score (nSPS) is 28.1. The van der Waals surface area contributed by atoms with E-state index in [1.807, 2.05) is 0 Å². The third-order valence-corrected chi connectivity index (χ3v) is 3.86. The van der Waals surface area contributed by atoms with Gasteiger partial charge in [0.15, 0.2) is 0 Å². The van der Waals surface area contributed by atoms with E-state index in [1.54, 1.807) is 0 Å². The zero-order valence-corrected chi connectivity index (χ0v) is 11.0. The Kier molecular flexibility index (Phi) is 5.47. The molecule has 0 aromatic carbocycles. The van der Waals surface area contributed by atoms with Crippen LogP contribution in [-0.4, -0.2) is 12.3 Å². The van der Waals surface area contributed by atoms with Crippen LogP contribution in [-0.2, 0) is 4.79 Å². The van der Waals surface area contributed by atoms with E-state index in [0.717, 1.165) is 25.2 Å². The molecule has 2 nitrogen and oxygen atoms in total. The molecule has 0 aromatic heterocycles. The molecular formula is C14H27NO. The highest BCUT2D eigenvalue weighted by atomic mass is 16.1. The van der Waals surface area contributed by atoms with E-state index in [1.165, 1.54) is 12.8 Å². The van der Waals surface area contributed by atoms with Gasteiger partial charge in [0.25, 0.3) is 0 Å². The quantitative estimate of drug-likeness (QED) is 0.781. The molecule has 0 aliphatic heterocycles. The molecule has 0 saturated heterocycles. The first-order valence-corrected chi connectivity index (χ1v) is 6.78. The Balaban J connectivity index is 2.48. The summed E-state index contributed by atoms with van der Waals surface area (Å²) in [7, 11) is 0. The van der Waals surface area contributed by atoms with Crippen molar-refractivity contribution in [1.82, 2.24) is 0 Å². The van der Waals surface area contributed by atoms with Gasteiger partial charge in [-0.25, -0.2) is 0 Å². The van der Waals surface area contributed by atoms with Crippen molar-refractivity contribution >= 4 is 5.78 Å². The van der Waals surface area contributed by atoms with E-state index in [4.69, 9.17) is 5.73 Å². The van der Waals surface area contributed by atoms with Gasteiger partial charge in [0, 0.05) is 18.4 Å². The summed E-state index contributed by atoms with van der Waals surface area (Å²) in [5.41, 5.74) is 5.74. The van der Waals surface area contributed by atoms with Gasteiger partial charge in [-0.3, -0.25) is 4.79 Å².